The SMILES string of the molecule is COc1ccc(-n2c(C=CC(=O)c3cccs3)nc3csnc32)cc1. The van der Waals surface area contributed by atoms with Gasteiger partial charge in [-0.25, -0.2) is 4.98 Å². The highest BCUT2D eigenvalue weighted by atomic mass is 32.1. The van der Waals surface area contributed by atoms with E-state index in [1.54, 1.807) is 19.3 Å². The largest absolute Gasteiger partial charge is 0.497 e. The van der Waals surface area contributed by atoms with Crippen LogP contribution in [0, 0.1) is 0 Å². The Bertz CT molecular complexity index is 1040. The van der Waals surface area contributed by atoms with Crippen LogP contribution in [0.1, 0.15) is 15.5 Å². The summed E-state index contributed by atoms with van der Waals surface area (Å²) in [6.07, 6.45) is 3.29. The second-order valence-corrected chi connectivity index (χ2v) is 6.78. The number of methoxy groups -OCH3 is 1. The summed E-state index contributed by atoms with van der Waals surface area (Å²) in [7, 11) is 1.63. The summed E-state index contributed by atoms with van der Waals surface area (Å²) < 4.78 is 11.6. The molecule has 0 radical (unpaired) electrons. The summed E-state index contributed by atoms with van der Waals surface area (Å²) in [5.41, 5.74) is 2.50. The number of nitrogens with zero attached hydrogens (tertiary/aromatic N) is 3. The van der Waals surface area contributed by atoms with E-state index >= 15 is 0 Å². The number of aromatic nitrogens is 3. The predicted molar refractivity (Wildman–Crippen MR) is 101 cm³/mol. The number of thiophene rings is 1. The molecule has 4 rings (SSSR count). The van der Waals surface area contributed by atoms with Gasteiger partial charge in [-0.3, -0.25) is 9.36 Å². The maximum atomic E-state index is 12.2. The molecular weight excluding hydrogens is 354 g/mol. The Labute approximate surface area is 152 Å². The minimum Gasteiger partial charge on any atom is -0.497 e. The predicted octanol–water partition coefficient (Wildman–Crippen LogP) is 4.45. The fraction of sp³-hybridized carbons (Fsp3) is 0.0556. The van der Waals surface area contributed by atoms with Crippen LogP contribution in [-0.4, -0.2) is 26.8 Å². The summed E-state index contributed by atoms with van der Waals surface area (Å²) >= 11 is 2.78. The number of fused-ring (bicyclic) bond motifs is 1. The Kier molecular flexibility index (Phi) is 4.17. The van der Waals surface area contributed by atoms with Gasteiger partial charge in [-0.15, -0.1) is 11.3 Å². The van der Waals surface area contributed by atoms with Gasteiger partial charge in [0.2, 0.25) is 0 Å². The molecule has 0 saturated heterocycles. The highest BCUT2D eigenvalue weighted by molar-refractivity contribution is 7.12. The quantitative estimate of drug-likeness (QED) is 0.386. The van der Waals surface area contributed by atoms with Crippen molar-refractivity contribution in [2.75, 3.05) is 7.11 Å². The third-order valence-electron chi connectivity index (χ3n) is 3.69. The molecule has 0 N–H and O–H groups in total. The summed E-state index contributed by atoms with van der Waals surface area (Å²) in [6.45, 7) is 0. The lowest BCUT2D eigenvalue weighted by atomic mass is 10.2. The Balaban J connectivity index is 1.76. The highest BCUT2D eigenvalue weighted by Gasteiger charge is 2.13. The van der Waals surface area contributed by atoms with Crippen molar-refractivity contribution < 1.29 is 9.53 Å². The normalized spacial score (nSPS) is 11.4. The number of ketones is 1. The average molecular weight is 367 g/mol. The van der Waals surface area contributed by atoms with E-state index in [2.05, 4.69) is 9.36 Å². The van der Waals surface area contributed by atoms with Gasteiger partial charge in [-0.05, 0) is 59.4 Å². The van der Waals surface area contributed by atoms with Gasteiger partial charge in [0.25, 0.3) is 0 Å². The molecule has 5 nitrogen and oxygen atoms in total. The average Bonchev–Trinajstić information content (AvgIpc) is 3.36. The molecule has 0 unspecified atom stereocenters. The molecule has 3 aromatic heterocycles. The number of benzene rings is 1. The molecule has 4 aromatic rings. The lowest BCUT2D eigenvalue weighted by molar-refractivity contribution is 0.105. The standard InChI is InChI=1S/C18H13N3O2S2/c1-23-13-6-4-12(5-7-13)21-17(19-14-11-25-20-18(14)21)9-8-15(22)16-3-2-10-24-16/h2-11H,1H3. The number of carbonyl (C=O) groups is 1. The monoisotopic (exact) mass is 367 g/mol. The molecule has 0 spiro atoms. The first-order valence-electron chi connectivity index (χ1n) is 7.49. The minimum atomic E-state index is -0.0327. The van der Waals surface area contributed by atoms with Gasteiger partial charge in [-0.1, -0.05) is 6.07 Å². The zero-order valence-electron chi connectivity index (χ0n) is 13.2. The van der Waals surface area contributed by atoms with Crippen LogP contribution >= 0.6 is 22.9 Å². The second kappa shape index (κ2) is 6.62. The molecule has 25 heavy (non-hydrogen) atoms. The smallest absolute Gasteiger partial charge is 0.195 e. The van der Waals surface area contributed by atoms with Crippen molar-refractivity contribution in [1.29, 1.82) is 0 Å². The van der Waals surface area contributed by atoms with Gasteiger partial charge in [0.05, 0.1) is 12.0 Å². The van der Waals surface area contributed by atoms with Gasteiger partial charge in [0.15, 0.2) is 11.4 Å². The molecule has 3 heterocycles. The molecule has 124 valence electrons. The Morgan fingerprint density at radius 3 is 2.80 bits per heavy atom. The Morgan fingerprint density at radius 2 is 2.08 bits per heavy atom. The molecule has 0 aliphatic heterocycles. The summed E-state index contributed by atoms with van der Waals surface area (Å²) in [5.74, 6) is 1.42. The van der Waals surface area contributed by atoms with Crippen molar-refractivity contribution >= 4 is 45.9 Å². The number of hydrogen-bond donors (Lipinski definition) is 0. The molecule has 0 fully saturated rings. The maximum Gasteiger partial charge on any atom is 0.195 e. The van der Waals surface area contributed by atoms with Gasteiger partial charge in [0, 0.05) is 11.1 Å². The number of carbonyl (C=O) groups excluding carboxylic acids is 1. The molecular formula is C18H13N3O2S2. The number of allylic oxidation sites excluding steroid dienone is 1. The highest BCUT2D eigenvalue weighted by Crippen LogP contribution is 2.24. The fourth-order valence-electron chi connectivity index (χ4n) is 2.49. The van der Waals surface area contributed by atoms with Crippen LogP contribution in [0.4, 0.5) is 0 Å². The van der Waals surface area contributed by atoms with Gasteiger partial charge < -0.3 is 4.74 Å². The van der Waals surface area contributed by atoms with Crippen LogP contribution in [-0.2, 0) is 0 Å². The zero-order chi connectivity index (χ0) is 17.2. The Hall–Kier alpha value is -2.77. The van der Waals surface area contributed by atoms with Crippen molar-refractivity contribution in [3.63, 3.8) is 0 Å². The van der Waals surface area contributed by atoms with Crippen LogP contribution in [0.2, 0.25) is 0 Å². The van der Waals surface area contributed by atoms with Crippen LogP contribution < -0.4 is 4.74 Å². The van der Waals surface area contributed by atoms with E-state index in [0.29, 0.717) is 10.7 Å². The first kappa shape index (κ1) is 15.7. The second-order valence-electron chi connectivity index (χ2n) is 5.20. The van der Waals surface area contributed by atoms with E-state index in [1.165, 1.54) is 22.9 Å². The first-order valence-corrected chi connectivity index (χ1v) is 9.21. The van der Waals surface area contributed by atoms with E-state index in [1.807, 2.05) is 51.7 Å². The van der Waals surface area contributed by atoms with Crippen molar-refractivity contribution in [3.8, 4) is 11.4 Å². The van der Waals surface area contributed by atoms with Crippen LogP contribution in [0.15, 0.2) is 53.2 Å². The number of rotatable bonds is 5. The summed E-state index contributed by atoms with van der Waals surface area (Å²) in [5, 5.41) is 3.78. The van der Waals surface area contributed by atoms with E-state index in [-0.39, 0.29) is 5.78 Å². The fourth-order valence-corrected chi connectivity index (χ4v) is 3.72. The number of imidazole rings is 1. The van der Waals surface area contributed by atoms with Gasteiger partial charge in [-0.2, -0.15) is 4.37 Å². The van der Waals surface area contributed by atoms with Crippen molar-refractivity contribution in [3.05, 3.63) is 63.9 Å². The zero-order valence-corrected chi connectivity index (χ0v) is 14.9. The Morgan fingerprint density at radius 1 is 1.24 bits per heavy atom. The van der Waals surface area contributed by atoms with Crippen LogP contribution in [0.5, 0.6) is 5.75 Å². The van der Waals surface area contributed by atoms with Crippen molar-refractivity contribution in [2.24, 2.45) is 0 Å². The van der Waals surface area contributed by atoms with Gasteiger partial charge >= 0.3 is 0 Å². The third-order valence-corrected chi connectivity index (χ3v) is 5.18. The van der Waals surface area contributed by atoms with Crippen molar-refractivity contribution in [1.82, 2.24) is 13.9 Å². The molecule has 1 aromatic carbocycles. The van der Waals surface area contributed by atoms with E-state index in [9.17, 15) is 4.79 Å². The molecule has 0 amide bonds. The number of ether oxygens (including phenoxy) is 1. The van der Waals surface area contributed by atoms with Gasteiger partial charge in [0.1, 0.15) is 17.1 Å². The molecule has 0 saturated carbocycles. The van der Waals surface area contributed by atoms with E-state index in [4.69, 9.17) is 4.74 Å². The van der Waals surface area contributed by atoms with Crippen LogP contribution in [0.25, 0.3) is 22.9 Å². The molecule has 0 bridgehead atoms. The summed E-state index contributed by atoms with van der Waals surface area (Å²) in [4.78, 5) is 17.5. The van der Waals surface area contributed by atoms with Crippen molar-refractivity contribution in [2.45, 2.75) is 0 Å². The van der Waals surface area contributed by atoms with E-state index in [0.717, 1.165) is 22.6 Å². The number of hydrogen-bond acceptors (Lipinski definition) is 6. The first-order chi connectivity index (χ1) is 12.3. The third kappa shape index (κ3) is 2.99. The lowest BCUT2D eigenvalue weighted by Gasteiger charge is -2.07. The molecule has 0 atom stereocenters. The molecule has 0 aliphatic rings. The topological polar surface area (TPSA) is 57.0 Å². The van der Waals surface area contributed by atoms with E-state index < -0.39 is 0 Å². The van der Waals surface area contributed by atoms with Crippen LogP contribution in [0.3, 0.4) is 0 Å². The molecule has 7 heteroatoms. The summed E-state index contributed by atoms with van der Waals surface area (Å²) in [6, 6.07) is 11.3. The lowest BCUT2D eigenvalue weighted by Crippen LogP contribution is -1.98. The molecule has 0 aliphatic carbocycles. The minimum absolute atomic E-state index is 0.0327. The maximum absolute atomic E-state index is 12.2.